The molecule has 2 aromatic heterocycles. The van der Waals surface area contributed by atoms with Crippen LogP contribution in [0.15, 0.2) is 85.5 Å². The molecule has 2 fully saturated rings. The molecule has 436 valence electrons. The Balaban J connectivity index is 0.000000235. The summed E-state index contributed by atoms with van der Waals surface area (Å²) >= 11 is 18.0. The molecule has 2 saturated heterocycles. The largest absolute Gasteiger partial charge is 0.506 e. The molecule has 0 unspecified atom stereocenters. The molecule has 2 aliphatic heterocycles. The lowest BCUT2D eigenvalue weighted by atomic mass is 9.90. The highest BCUT2D eigenvalue weighted by Gasteiger charge is 2.35. The number of hydrogen-bond donors (Lipinski definition) is 5. The summed E-state index contributed by atoms with van der Waals surface area (Å²) in [5.74, 6) is 3.92. The third-order valence-corrected chi connectivity index (χ3v) is 13.8. The van der Waals surface area contributed by atoms with E-state index in [9.17, 15) is 25.3 Å². The van der Waals surface area contributed by atoms with Crippen LogP contribution in [0.4, 0.5) is 68.8 Å². The van der Waals surface area contributed by atoms with Crippen LogP contribution in [-0.2, 0) is 9.47 Å². The average molecular weight is 1180 g/mol. The SMILES string of the molecule is CC1(CCl)COC1.COc1cc(N(C)CCN(C)C)c([N+](=O)[O-])cc1Nc1cc(Nc2ccc(O)c(Cl)c2)ncn1.COc1cc(N(C)CCN(C)C)c([N+](=O)[O-])cc1Nc1cc(Nc2ccc(OCC3(C)COC3)c(Cl)c2)ncn1. The number of nitrogens with zero attached hydrogens (tertiary/aromatic N) is 10. The maximum Gasteiger partial charge on any atom is 0.294 e. The lowest BCUT2D eigenvalue weighted by Crippen LogP contribution is -2.44. The Kier molecular flexibility index (Phi) is 22.3. The van der Waals surface area contributed by atoms with Crippen LogP contribution >= 0.6 is 34.8 Å². The minimum atomic E-state index is -0.423. The molecule has 24 nitrogen and oxygen atoms in total. The van der Waals surface area contributed by atoms with Gasteiger partial charge in [-0.05, 0) is 64.6 Å². The number of benzene rings is 4. The molecule has 8 rings (SSSR count). The molecular weight excluding hydrogens is 1110 g/mol. The van der Waals surface area contributed by atoms with E-state index in [1.54, 1.807) is 55.6 Å². The fourth-order valence-electron chi connectivity index (χ4n) is 7.65. The molecule has 0 saturated carbocycles. The average Bonchev–Trinajstić information content (AvgIpc) is 3.49. The molecule has 0 spiro atoms. The first-order valence-corrected chi connectivity index (χ1v) is 26.6. The minimum Gasteiger partial charge on any atom is -0.506 e. The molecule has 6 aromatic rings. The Morgan fingerprint density at radius 2 is 1.01 bits per heavy atom. The van der Waals surface area contributed by atoms with Crippen LogP contribution in [0.3, 0.4) is 0 Å². The standard InChI is InChI=1S/C27H34ClN7O5.C22H26ClN7O4.C5H9ClO/c1-27(14-39-15-27)16-40-23-7-6-18(10-19(23)28)31-25-13-26(30-17-29-25)32-20-11-22(35(36)37)21(12-24(20)38-5)34(4)9-8-33(2)3;1-28(2)7-8-29(3)17-11-20(34-4)16(10-18(17)30(32)33)27-22-12-21(24-13-25-22)26-14-5-6-19(31)15(23)9-14;1-5(2-6)3-7-4-5/h6-7,10-13,17H,8-9,14-16H2,1-5H3,(H2,29,30,31,32);5-6,9-13,31H,7-8H2,1-4H3,(H2,24,25,26,27);2-4H2,1H3. The molecule has 81 heavy (non-hydrogen) atoms. The summed E-state index contributed by atoms with van der Waals surface area (Å²) in [6, 6.07) is 19.5. The van der Waals surface area contributed by atoms with Crippen molar-refractivity contribution in [3.05, 3.63) is 116 Å². The molecule has 0 bridgehead atoms. The van der Waals surface area contributed by atoms with Gasteiger partial charge in [-0.1, -0.05) is 37.0 Å². The van der Waals surface area contributed by atoms with Crippen molar-refractivity contribution in [2.75, 3.05) is 153 Å². The molecule has 5 N–H and O–H groups in total. The zero-order chi connectivity index (χ0) is 59.0. The van der Waals surface area contributed by atoms with Gasteiger partial charge in [-0.2, -0.15) is 0 Å². The number of aromatic hydroxyl groups is 1. The molecule has 0 amide bonds. The molecular formula is C54H69Cl3N14O10. The predicted molar refractivity (Wildman–Crippen MR) is 319 cm³/mol. The number of phenolic OH excluding ortho intramolecular Hbond substituents is 1. The van der Waals surface area contributed by atoms with Crippen molar-refractivity contribution in [1.29, 1.82) is 0 Å². The van der Waals surface area contributed by atoms with E-state index < -0.39 is 9.85 Å². The van der Waals surface area contributed by atoms with Crippen LogP contribution < -0.4 is 45.3 Å². The number of ether oxygens (including phenoxy) is 5. The second-order valence-electron chi connectivity index (χ2n) is 20.5. The van der Waals surface area contributed by atoms with Gasteiger partial charge in [-0.3, -0.25) is 20.2 Å². The Morgan fingerprint density at radius 1 is 0.593 bits per heavy atom. The first-order valence-electron chi connectivity index (χ1n) is 25.3. The van der Waals surface area contributed by atoms with Gasteiger partial charge in [0.25, 0.3) is 11.4 Å². The summed E-state index contributed by atoms with van der Waals surface area (Å²) in [6.45, 7) is 10.5. The van der Waals surface area contributed by atoms with Crippen molar-refractivity contribution in [1.82, 2.24) is 29.7 Å². The quantitative estimate of drug-likeness (QED) is 0.0163. The van der Waals surface area contributed by atoms with Crippen LogP contribution in [0.1, 0.15) is 13.8 Å². The third kappa shape index (κ3) is 18.0. The Morgan fingerprint density at radius 3 is 1.36 bits per heavy atom. The maximum atomic E-state index is 11.9. The van der Waals surface area contributed by atoms with Gasteiger partial charge >= 0.3 is 0 Å². The molecule has 4 heterocycles. The van der Waals surface area contributed by atoms with E-state index in [2.05, 4.69) is 55.1 Å². The number of nitro groups is 2. The number of methoxy groups -OCH3 is 2. The zero-order valence-electron chi connectivity index (χ0n) is 46.9. The van der Waals surface area contributed by atoms with E-state index in [0.29, 0.717) is 118 Å². The normalized spacial score (nSPS) is 13.7. The summed E-state index contributed by atoms with van der Waals surface area (Å²) in [4.78, 5) is 47.5. The third-order valence-electron chi connectivity index (χ3n) is 12.6. The van der Waals surface area contributed by atoms with Crippen molar-refractivity contribution >= 4 is 104 Å². The predicted octanol–water partition coefficient (Wildman–Crippen LogP) is 10.4. The second kappa shape index (κ2) is 28.8. The highest BCUT2D eigenvalue weighted by molar-refractivity contribution is 6.32. The molecule has 0 aliphatic carbocycles. The number of likely N-dealkylation sites (N-methyl/N-ethyl adjacent to an activating group) is 4. The van der Waals surface area contributed by atoms with Gasteiger partial charge in [-0.25, -0.2) is 19.9 Å². The summed E-state index contributed by atoms with van der Waals surface area (Å²) in [6.07, 6.45) is 2.73. The smallest absolute Gasteiger partial charge is 0.294 e. The fourth-order valence-corrected chi connectivity index (χ4v) is 8.22. The molecule has 2 aliphatic rings. The number of halogens is 3. The Hall–Kier alpha value is -7.45. The van der Waals surface area contributed by atoms with Crippen LogP contribution in [-0.4, -0.2) is 166 Å². The van der Waals surface area contributed by atoms with Crippen LogP contribution in [0, 0.1) is 31.1 Å². The first kappa shape index (κ1) is 62.7. The first-order chi connectivity index (χ1) is 38.5. The van der Waals surface area contributed by atoms with E-state index in [0.717, 1.165) is 32.2 Å². The van der Waals surface area contributed by atoms with Crippen molar-refractivity contribution in [3.63, 3.8) is 0 Å². The molecule has 0 radical (unpaired) electrons. The fraction of sp³-hybridized carbons (Fsp3) is 0.407. The minimum absolute atomic E-state index is 0.00996. The van der Waals surface area contributed by atoms with Gasteiger partial charge in [0, 0.05) is 105 Å². The van der Waals surface area contributed by atoms with E-state index in [1.165, 1.54) is 45.1 Å². The summed E-state index contributed by atoms with van der Waals surface area (Å²) < 4.78 is 27.2. The number of anilines is 10. The topological polar surface area (TPSA) is 265 Å². The highest BCUT2D eigenvalue weighted by Crippen LogP contribution is 2.41. The van der Waals surface area contributed by atoms with Crippen molar-refractivity contribution in [3.8, 4) is 23.0 Å². The van der Waals surface area contributed by atoms with Crippen molar-refractivity contribution < 1.29 is 38.6 Å². The lowest BCUT2D eigenvalue weighted by Gasteiger charge is -2.37. The molecule has 27 heteroatoms. The summed E-state index contributed by atoms with van der Waals surface area (Å²) in [5.41, 5.74) is 3.22. The van der Waals surface area contributed by atoms with Gasteiger partial charge in [0.05, 0.1) is 78.5 Å². The zero-order valence-corrected chi connectivity index (χ0v) is 49.1. The van der Waals surface area contributed by atoms with Crippen molar-refractivity contribution in [2.24, 2.45) is 10.8 Å². The number of rotatable bonds is 24. The van der Waals surface area contributed by atoms with Gasteiger partial charge in [0.1, 0.15) is 70.3 Å². The van der Waals surface area contributed by atoms with E-state index in [4.69, 9.17) is 58.5 Å². The Bertz CT molecular complexity index is 3100. The highest BCUT2D eigenvalue weighted by atomic mass is 35.5. The van der Waals surface area contributed by atoms with Gasteiger partial charge in [0.15, 0.2) is 0 Å². The number of alkyl halides is 1. The van der Waals surface area contributed by atoms with Crippen molar-refractivity contribution in [2.45, 2.75) is 13.8 Å². The summed E-state index contributed by atoms with van der Waals surface area (Å²) in [7, 11) is 14.4. The Labute approximate surface area is 485 Å². The van der Waals surface area contributed by atoms with Gasteiger partial charge in [-0.15, -0.1) is 11.6 Å². The van der Waals surface area contributed by atoms with E-state index in [-0.39, 0.29) is 27.6 Å². The van der Waals surface area contributed by atoms with Crippen LogP contribution in [0.5, 0.6) is 23.0 Å². The number of nitrogens with one attached hydrogen (secondary N) is 4. The second-order valence-corrected chi connectivity index (χ2v) is 21.5. The van der Waals surface area contributed by atoms with E-state index in [1.807, 2.05) is 60.9 Å². The van der Waals surface area contributed by atoms with Crippen LogP contribution in [0.25, 0.3) is 0 Å². The number of phenols is 1. The lowest BCUT2D eigenvalue weighted by molar-refractivity contribution is -0.384. The molecule has 0 atom stereocenters. The number of hydrogen-bond acceptors (Lipinski definition) is 22. The van der Waals surface area contributed by atoms with Gasteiger partial charge in [0.2, 0.25) is 0 Å². The maximum absolute atomic E-state index is 11.9. The summed E-state index contributed by atoms with van der Waals surface area (Å²) in [5, 5.41) is 46.4. The molecule has 4 aromatic carbocycles. The number of aromatic nitrogens is 4. The number of nitro benzene ring substituents is 2. The van der Waals surface area contributed by atoms with Crippen LogP contribution in [0.2, 0.25) is 10.0 Å². The van der Waals surface area contributed by atoms with Gasteiger partial charge < -0.3 is 69.7 Å². The van der Waals surface area contributed by atoms with E-state index >= 15 is 0 Å². The monoisotopic (exact) mass is 1180 g/mol.